The van der Waals surface area contributed by atoms with Crippen molar-refractivity contribution in [3.05, 3.63) is 50.4 Å². The number of rotatable bonds is 2. The van der Waals surface area contributed by atoms with Crippen molar-refractivity contribution in [1.82, 2.24) is 4.98 Å². The smallest absolute Gasteiger partial charge is 0.0972 e. The van der Waals surface area contributed by atoms with Crippen molar-refractivity contribution in [3.63, 3.8) is 0 Å². The highest BCUT2D eigenvalue weighted by Gasteiger charge is 2.17. The summed E-state index contributed by atoms with van der Waals surface area (Å²) in [6, 6.07) is 8.41. The number of aromatic nitrogens is 1. The molecule has 1 nitrogen and oxygen atoms in total. The zero-order valence-electron chi connectivity index (χ0n) is 10.3. The van der Waals surface area contributed by atoms with Crippen LogP contribution >= 0.6 is 27.3 Å². The van der Waals surface area contributed by atoms with Crippen molar-refractivity contribution in [2.45, 2.75) is 32.6 Å². The summed E-state index contributed by atoms with van der Waals surface area (Å²) in [6.45, 7) is 6.60. The van der Waals surface area contributed by atoms with Gasteiger partial charge >= 0.3 is 0 Å². The molecule has 2 aromatic rings. The van der Waals surface area contributed by atoms with Gasteiger partial charge < -0.3 is 0 Å². The summed E-state index contributed by atoms with van der Waals surface area (Å²) in [6.07, 6.45) is 0.917. The van der Waals surface area contributed by atoms with Crippen molar-refractivity contribution in [2.24, 2.45) is 0 Å². The van der Waals surface area contributed by atoms with Crippen molar-refractivity contribution in [1.29, 1.82) is 0 Å². The monoisotopic (exact) mass is 309 g/mol. The average molecular weight is 310 g/mol. The van der Waals surface area contributed by atoms with Gasteiger partial charge in [-0.3, -0.25) is 0 Å². The topological polar surface area (TPSA) is 12.9 Å². The Kier molecular flexibility index (Phi) is 3.69. The number of nitrogens with zero attached hydrogens (tertiary/aromatic N) is 1. The molecule has 0 atom stereocenters. The Morgan fingerprint density at radius 1 is 1.29 bits per heavy atom. The molecular weight excluding hydrogens is 294 g/mol. The molecule has 0 aliphatic heterocycles. The van der Waals surface area contributed by atoms with Crippen LogP contribution in [0.5, 0.6) is 0 Å². The molecule has 17 heavy (non-hydrogen) atoms. The maximum Gasteiger partial charge on any atom is 0.0972 e. The molecule has 1 aromatic carbocycles. The van der Waals surface area contributed by atoms with E-state index in [2.05, 4.69) is 60.3 Å². The molecule has 90 valence electrons. The van der Waals surface area contributed by atoms with E-state index in [0.29, 0.717) is 0 Å². The maximum absolute atomic E-state index is 4.71. The van der Waals surface area contributed by atoms with Crippen LogP contribution in [0.3, 0.4) is 0 Å². The van der Waals surface area contributed by atoms with E-state index in [0.717, 1.165) is 10.9 Å². The van der Waals surface area contributed by atoms with Crippen LogP contribution in [-0.4, -0.2) is 4.98 Å². The van der Waals surface area contributed by atoms with E-state index >= 15 is 0 Å². The Morgan fingerprint density at radius 2 is 2.06 bits per heavy atom. The minimum absolute atomic E-state index is 0.145. The van der Waals surface area contributed by atoms with Crippen molar-refractivity contribution in [2.75, 3.05) is 0 Å². The summed E-state index contributed by atoms with van der Waals surface area (Å²) in [5, 5.41) is 3.36. The van der Waals surface area contributed by atoms with E-state index in [9.17, 15) is 0 Å². The average Bonchev–Trinajstić information content (AvgIpc) is 2.65. The maximum atomic E-state index is 4.71. The molecule has 0 fully saturated rings. The standard InChI is InChI=1S/C14H16BrNS/c1-14(2,3)12-9-17-13(16-12)8-10-5-4-6-11(15)7-10/h4-7,9H,8H2,1-3H3. The normalized spacial score (nSPS) is 11.8. The first-order chi connectivity index (χ1) is 7.95. The second-order valence-corrected chi connectivity index (χ2v) is 7.04. The van der Waals surface area contributed by atoms with Crippen molar-refractivity contribution in [3.8, 4) is 0 Å². The van der Waals surface area contributed by atoms with Crippen LogP contribution in [0, 0.1) is 0 Å². The van der Waals surface area contributed by atoms with E-state index in [1.807, 2.05) is 6.07 Å². The summed E-state index contributed by atoms with van der Waals surface area (Å²) < 4.78 is 1.13. The molecular formula is C14H16BrNS. The minimum Gasteiger partial charge on any atom is -0.245 e. The lowest BCUT2D eigenvalue weighted by molar-refractivity contribution is 0.571. The number of halogens is 1. The Hall–Kier alpha value is -0.670. The third kappa shape index (κ3) is 3.39. The van der Waals surface area contributed by atoms with Crippen LogP contribution in [-0.2, 0) is 11.8 Å². The number of hydrogen-bond acceptors (Lipinski definition) is 2. The van der Waals surface area contributed by atoms with Crippen LogP contribution in [0.4, 0.5) is 0 Å². The lowest BCUT2D eigenvalue weighted by Crippen LogP contribution is -2.11. The fourth-order valence-electron chi connectivity index (χ4n) is 1.56. The summed E-state index contributed by atoms with van der Waals surface area (Å²) in [5.41, 5.74) is 2.63. The Balaban J connectivity index is 2.17. The van der Waals surface area contributed by atoms with E-state index in [4.69, 9.17) is 4.98 Å². The van der Waals surface area contributed by atoms with Crippen LogP contribution in [0.25, 0.3) is 0 Å². The Labute approximate surface area is 115 Å². The fraction of sp³-hybridized carbons (Fsp3) is 0.357. The molecule has 0 radical (unpaired) electrons. The molecule has 0 amide bonds. The second kappa shape index (κ2) is 4.91. The molecule has 0 N–H and O–H groups in total. The molecule has 0 spiro atoms. The molecule has 2 rings (SSSR count). The van der Waals surface area contributed by atoms with Crippen LogP contribution in [0.1, 0.15) is 37.0 Å². The van der Waals surface area contributed by atoms with Gasteiger partial charge in [0.15, 0.2) is 0 Å². The molecule has 0 saturated heterocycles. The van der Waals surface area contributed by atoms with Crippen molar-refractivity contribution >= 4 is 27.3 Å². The SMILES string of the molecule is CC(C)(C)c1csc(Cc2cccc(Br)c2)n1. The van der Waals surface area contributed by atoms with Gasteiger partial charge in [-0.2, -0.15) is 0 Å². The lowest BCUT2D eigenvalue weighted by Gasteiger charge is -2.14. The summed E-state index contributed by atoms with van der Waals surface area (Å²) >= 11 is 5.25. The van der Waals surface area contributed by atoms with E-state index in [-0.39, 0.29) is 5.41 Å². The van der Waals surface area contributed by atoms with E-state index < -0.39 is 0 Å². The molecule has 0 aliphatic carbocycles. The minimum atomic E-state index is 0.145. The zero-order valence-corrected chi connectivity index (χ0v) is 12.7. The van der Waals surface area contributed by atoms with Gasteiger partial charge in [-0.05, 0) is 17.7 Å². The highest BCUT2D eigenvalue weighted by Crippen LogP contribution is 2.25. The highest BCUT2D eigenvalue weighted by molar-refractivity contribution is 9.10. The second-order valence-electron chi connectivity index (χ2n) is 5.18. The first kappa shape index (κ1) is 12.8. The van der Waals surface area contributed by atoms with Gasteiger partial charge in [-0.1, -0.05) is 48.8 Å². The van der Waals surface area contributed by atoms with E-state index in [1.165, 1.54) is 16.3 Å². The first-order valence-electron chi connectivity index (χ1n) is 5.64. The molecule has 0 unspecified atom stereocenters. The predicted octanol–water partition coefficient (Wildman–Crippen LogP) is 4.79. The van der Waals surface area contributed by atoms with Gasteiger partial charge in [0.2, 0.25) is 0 Å². The van der Waals surface area contributed by atoms with Crippen LogP contribution in [0.15, 0.2) is 34.1 Å². The quantitative estimate of drug-likeness (QED) is 0.777. The third-order valence-corrected chi connectivity index (χ3v) is 3.91. The van der Waals surface area contributed by atoms with Gasteiger partial charge in [0.1, 0.15) is 0 Å². The zero-order chi connectivity index (χ0) is 12.5. The van der Waals surface area contributed by atoms with Gasteiger partial charge in [-0.25, -0.2) is 4.98 Å². The first-order valence-corrected chi connectivity index (χ1v) is 7.32. The highest BCUT2D eigenvalue weighted by atomic mass is 79.9. The van der Waals surface area contributed by atoms with E-state index in [1.54, 1.807) is 11.3 Å². The molecule has 3 heteroatoms. The molecule has 0 bridgehead atoms. The predicted molar refractivity (Wildman–Crippen MR) is 77.8 cm³/mol. The van der Waals surface area contributed by atoms with Crippen LogP contribution < -0.4 is 0 Å². The molecule has 0 aliphatic rings. The summed E-state index contributed by atoms with van der Waals surface area (Å²) in [4.78, 5) is 4.71. The summed E-state index contributed by atoms with van der Waals surface area (Å²) in [7, 11) is 0. The Morgan fingerprint density at radius 3 is 2.65 bits per heavy atom. The number of benzene rings is 1. The van der Waals surface area contributed by atoms with Gasteiger partial charge in [0, 0.05) is 21.7 Å². The molecule has 0 saturated carbocycles. The van der Waals surface area contributed by atoms with Crippen LogP contribution in [0.2, 0.25) is 0 Å². The van der Waals surface area contributed by atoms with Gasteiger partial charge in [-0.15, -0.1) is 11.3 Å². The lowest BCUT2D eigenvalue weighted by atomic mass is 9.93. The fourth-order valence-corrected chi connectivity index (χ4v) is 3.06. The molecule has 1 heterocycles. The Bertz CT molecular complexity index is 511. The molecule has 1 aromatic heterocycles. The number of thiazole rings is 1. The van der Waals surface area contributed by atoms with Crippen molar-refractivity contribution < 1.29 is 0 Å². The van der Waals surface area contributed by atoms with Gasteiger partial charge in [0.05, 0.1) is 10.7 Å². The number of hydrogen-bond donors (Lipinski definition) is 0. The summed E-state index contributed by atoms with van der Waals surface area (Å²) in [5.74, 6) is 0. The third-order valence-electron chi connectivity index (χ3n) is 2.56. The largest absolute Gasteiger partial charge is 0.245 e. The van der Waals surface area contributed by atoms with Gasteiger partial charge in [0.25, 0.3) is 0 Å².